The van der Waals surface area contributed by atoms with E-state index in [-0.39, 0.29) is 5.25 Å². The summed E-state index contributed by atoms with van der Waals surface area (Å²) in [5, 5.41) is -0.313. The maximum atomic E-state index is 12.0. The predicted molar refractivity (Wildman–Crippen MR) is 65.4 cm³/mol. The van der Waals surface area contributed by atoms with E-state index in [4.69, 9.17) is 0 Å². The molecule has 0 fully saturated rings. The van der Waals surface area contributed by atoms with Crippen molar-refractivity contribution in [2.45, 2.75) is 52.7 Å². The van der Waals surface area contributed by atoms with Gasteiger partial charge in [-0.05, 0) is 19.8 Å². The lowest BCUT2D eigenvalue weighted by Crippen LogP contribution is -2.39. The molecule has 0 radical (unpaired) electrons. The molecule has 0 atom stereocenters. The van der Waals surface area contributed by atoms with Crippen LogP contribution in [0, 0.1) is 5.92 Å². The van der Waals surface area contributed by atoms with Crippen LogP contribution in [0.15, 0.2) is 0 Å². The van der Waals surface area contributed by atoms with Gasteiger partial charge in [0.25, 0.3) is 0 Å². The molecular weight excluding hydrogens is 210 g/mol. The molecule has 0 saturated carbocycles. The molecule has 0 aliphatic heterocycles. The molecule has 0 rings (SSSR count). The van der Waals surface area contributed by atoms with Crippen LogP contribution in [0.2, 0.25) is 0 Å². The quantitative estimate of drug-likeness (QED) is 0.680. The molecule has 0 N–H and O–H groups in total. The minimum atomic E-state index is -3.07. The van der Waals surface area contributed by atoms with Gasteiger partial charge in [-0.2, -0.15) is 0 Å². The zero-order valence-electron chi connectivity index (χ0n) is 10.7. The van der Waals surface area contributed by atoms with Gasteiger partial charge in [-0.15, -0.1) is 0 Å². The largest absolute Gasteiger partial charge is 0.216 e. The summed E-state index contributed by atoms with van der Waals surface area (Å²) in [6.07, 6.45) is 2.08. The number of rotatable bonds is 7. The molecule has 0 aromatic carbocycles. The Morgan fingerprint density at radius 1 is 1.07 bits per heavy atom. The Balaban J connectivity index is 4.63. The first-order chi connectivity index (χ1) is 6.89. The van der Waals surface area contributed by atoms with Crippen molar-refractivity contribution in [2.75, 3.05) is 13.1 Å². The van der Waals surface area contributed by atoms with Gasteiger partial charge < -0.3 is 0 Å². The molecule has 0 spiro atoms. The molecule has 0 aromatic rings. The van der Waals surface area contributed by atoms with E-state index in [9.17, 15) is 8.42 Å². The third-order valence-corrected chi connectivity index (χ3v) is 5.24. The molecular formula is C11H25NO2S. The van der Waals surface area contributed by atoms with Crippen molar-refractivity contribution in [3.63, 3.8) is 0 Å². The van der Waals surface area contributed by atoms with Crippen LogP contribution in [-0.4, -0.2) is 31.1 Å². The van der Waals surface area contributed by atoms with Crippen molar-refractivity contribution in [1.29, 1.82) is 0 Å². The Labute approximate surface area is 94.9 Å². The van der Waals surface area contributed by atoms with Gasteiger partial charge in [-0.25, -0.2) is 12.7 Å². The number of sulfonamides is 1. The maximum Gasteiger partial charge on any atom is 0.216 e. The van der Waals surface area contributed by atoms with Crippen LogP contribution in [0.1, 0.15) is 47.5 Å². The smallest absolute Gasteiger partial charge is 0.212 e. The molecule has 15 heavy (non-hydrogen) atoms. The summed E-state index contributed by atoms with van der Waals surface area (Å²) in [6.45, 7) is 10.9. The van der Waals surface area contributed by atoms with E-state index in [1.807, 2.05) is 6.92 Å². The highest BCUT2D eigenvalue weighted by molar-refractivity contribution is 7.89. The highest BCUT2D eigenvalue weighted by Crippen LogP contribution is 2.15. The second kappa shape index (κ2) is 6.48. The lowest BCUT2D eigenvalue weighted by atomic mass is 10.0. The number of hydrogen-bond acceptors (Lipinski definition) is 2. The predicted octanol–water partition coefficient (Wildman–Crippen LogP) is 2.48. The van der Waals surface area contributed by atoms with Crippen molar-refractivity contribution >= 4 is 10.0 Å². The van der Waals surface area contributed by atoms with E-state index < -0.39 is 10.0 Å². The first kappa shape index (κ1) is 14.9. The third kappa shape index (κ3) is 4.11. The van der Waals surface area contributed by atoms with Gasteiger partial charge in [0.15, 0.2) is 0 Å². The van der Waals surface area contributed by atoms with E-state index in [2.05, 4.69) is 13.8 Å². The third-order valence-electron chi connectivity index (χ3n) is 2.92. The summed E-state index contributed by atoms with van der Waals surface area (Å²) in [4.78, 5) is 0. The minimum Gasteiger partial charge on any atom is -0.212 e. The van der Waals surface area contributed by atoms with Crippen molar-refractivity contribution in [2.24, 2.45) is 5.92 Å². The van der Waals surface area contributed by atoms with E-state index in [1.54, 1.807) is 18.2 Å². The Hall–Kier alpha value is -0.0900. The first-order valence-corrected chi connectivity index (χ1v) is 7.39. The molecule has 0 unspecified atom stereocenters. The van der Waals surface area contributed by atoms with Crippen LogP contribution in [0.25, 0.3) is 0 Å². The Kier molecular flexibility index (Phi) is 6.44. The normalized spacial score (nSPS) is 13.1. The van der Waals surface area contributed by atoms with Gasteiger partial charge in [-0.3, -0.25) is 0 Å². The van der Waals surface area contributed by atoms with E-state index >= 15 is 0 Å². The zero-order valence-corrected chi connectivity index (χ0v) is 11.5. The van der Waals surface area contributed by atoms with Gasteiger partial charge in [0.1, 0.15) is 0 Å². The molecule has 0 aromatic heterocycles. The van der Waals surface area contributed by atoms with E-state index in [1.165, 1.54) is 0 Å². The molecule has 0 amide bonds. The molecule has 0 aliphatic rings. The first-order valence-electron chi connectivity index (χ1n) is 5.88. The lowest BCUT2D eigenvalue weighted by molar-refractivity contribution is 0.337. The molecule has 0 heterocycles. The summed E-state index contributed by atoms with van der Waals surface area (Å²) >= 11 is 0. The number of hydrogen-bond donors (Lipinski definition) is 0. The summed E-state index contributed by atoms with van der Waals surface area (Å²) in [5.41, 5.74) is 0. The van der Waals surface area contributed by atoms with Crippen LogP contribution < -0.4 is 0 Å². The average Bonchev–Trinajstić information content (AvgIpc) is 2.19. The highest BCUT2D eigenvalue weighted by atomic mass is 32.2. The van der Waals surface area contributed by atoms with Crippen LogP contribution in [0.4, 0.5) is 0 Å². The SMILES string of the molecule is CCC(CC)CN(CC)S(=O)(=O)C(C)C. The summed E-state index contributed by atoms with van der Waals surface area (Å²) < 4.78 is 25.5. The van der Waals surface area contributed by atoms with Gasteiger partial charge in [-0.1, -0.05) is 33.6 Å². The van der Waals surface area contributed by atoms with Gasteiger partial charge in [0.05, 0.1) is 5.25 Å². The van der Waals surface area contributed by atoms with Crippen LogP contribution in [0.5, 0.6) is 0 Å². The average molecular weight is 235 g/mol. The topological polar surface area (TPSA) is 37.4 Å². The van der Waals surface area contributed by atoms with E-state index in [0.29, 0.717) is 19.0 Å². The second-order valence-electron chi connectivity index (χ2n) is 4.23. The highest BCUT2D eigenvalue weighted by Gasteiger charge is 2.25. The van der Waals surface area contributed by atoms with Crippen LogP contribution in [-0.2, 0) is 10.0 Å². The van der Waals surface area contributed by atoms with Gasteiger partial charge in [0, 0.05) is 13.1 Å². The second-order valence-corrected chi connectivity index (χ2v) is 6.72. The fraction of sp³-hybridized carbons (Fsp3) is 1.00. The Bertz CT molecular complexity index is 256. The fourth-order valence-electron chi connectivity index (χ4n) is 1.55. The molecule has 4 heteroatoms. The van der Waals surface area contributed by atoms with Gasteiger partial charge >= 0.3 is 0 Å². The monoisotopic (exact) mass is 235 g/mol. The minimum absolute atomic E-state index is 0.313. The molecule has 3 nitrogen and oxygen atoms in total. The number of nitrogens with zero attached hydrogens (tertiary/aromatic N) is 1. The zero-order chi connectivity index (χ0) is 12.1. The maximum absolute atomic E-state index is 12.0. The Morgan fingerprint density at radius 2 is 1.53 bits per heavy atom. The Morgan fingerprint density at radius 3 is 1.80 bits per heavy atom. The van der Waals surface area contributed by atoms with Crippen molar-refractivity contribution in [1.82, 2.24) is 4.31 Å². The van der Waals surface area contributed by atoms with E-state index in [0.717, 1.165) is 12.8 Å². The lowest BCUT2D eigenvalue weighted by Gasteiger charge is -2.26. The summed E-state index contributed by atoms with van der Waals surface area (Å²) in [7, 11) is -3.07. The van der Waals surface area contributed by atoms with Crippen molar-refractivity contribution < 1.29 is 8.42 Å². The van der Waals surface area contributed by atoms with Crippen molar-refractivity contribution in [3.8, 4) is 0 Å². The summed E-state index contributed by atoms with van der Waals surface area (Å²) in [6, 6.07) is 0. The fourth-order valence-corrected chi connectivity index (χ4v) is 2.92. The van der Waals surface area contributed by atoms with Crippen LogP contribution >= 0.6 is 0 Å². The van der Waals surface area contributed by atoms with Crippen molar-refractivity contribution in [3.05, 3.63) is 0 Å². The molecule has 0 aliphatic carbocycles. The van der Waals surface area contributed by atoms with Gasteiger partial charge in [0.2, 0.25) is 10.0 Å². The molecule has 92 valence electrons. The summed E-state index contributed by atoms with van der Waals surface area (Å²) in [5.74, 6) is 0.485. The van der Waals surface area contributed by atoms with Crippen LogP contribution in [0.3, 0.4) is 0 Å². The molecule has 0 bridgehead atoms. The standard InChI is InChI=1S/C11H25NO2S/c1-6-11(7-2)9-12(8-3)15(13,14)10(4)5/h10-11H,6-9H2,1-5H3. The molecule has 0 saturated heterocycles.